The van der Waals surface area contributed by atoms with Crippen LogP contribution in [0.3, 0.4) is 0 Å². The third kappa shape index (κ3) is 2.92. The molecule has 0 aliphatic heterocycles. The molecule has 0 saturated heterocycles. The van der Waals surface area contributed by atoms with Crippen LogP contribution in [-0.4, -0.2) is 5.11 Å². The lowest BCUT2D eigenvalue weighted by molar-refractivity contribution is 0.475. The van der Waals surface area contributed by atoms with E-state index in [1.165, 1.54) is 11.1 Å². The topological polar surface area (TPSA) is 20.2 Å². The summed E-state index contributed by atoms with van der Waals surface area (Å²) in [6.07, 6.45) is 2.15. The van der Waals surface area contributed by atoms with Crippen molar-refractivity contribution in [3.05, 3.63) is 71.6 Å². The van der Waals surface area contributed by atoms with E-state index in [1.807, 2.05) is 12.1 Å². The van der Waals surface area contributed by atoms with Crippen LogP contribution in [0.4, 0.5) is 0 Å². The minimum absolute atomic E-state index is 0.129. The molecule has 0 saturated carbocycles. The van der Waals surface area contributed by atoms with E-state index in [-0.39, 0.29) is 5.41 Å². The van der Waals surface area contributed by atoms with Gasteiger partial charge in [0, 0.05) is 6.42 Å². The van der Waals surface area contributed by atoms with Gasteiger partial charge in [0.25, 0.3) is 0 Å². The largest absolute Gasteiger partial charge is 0.508 e. The SMILES string of the molecule is CC(C)(C)c1ccccc1[CH]c1ccc(O)cc1. The molecule has 2 aromatic rings. The summed E-state index contributed by atoms with van der Waals surface area (Å²) in [5.74, 6) is 0.302. The van der Waals surface area contributed by atoms with Gasteiger partial charge in [0.05, 0.1) is 0 Å². The van der Waals surface area contributed by atoms with Crippen LogP contribution >= 0.6 is 0 Å². The van der Waals surface area contributed by atoms with Crippen LogP contribution in [0.5, 0.6) is 5.75 Å². The summed E-state index contributed by atoms with van der Waals surface area (Å²) < 4.78 is 0. The quantitative estimate of drug-likeness (QED) is 0.828. The molecule has 0 spiro atoms. The molecule has 0 bridgehead atoms. The van der Waals surface area contributed by atoms with Gasteiger partial charge in [-0.25, -0.2) is 0 Å². The molecule has 2 rings (SSSR count). The highest BCUT2D eigenvalue weighted by Crippen LogP contribution is 2.28. The van der Waals surface area contributed by atoms with Crippen molar-refractivity contribution in [2.75, 3.05) is 0 Å². The average molecular weight is 239 g/mol. The van der Waals surface area contributed by atoms with Crippen LogP contribution in [0, 0.1) is 6.42 Å². The Morgan fingerprint density at radius 1 is 0.889 bits per heavy atom. The van der Waals surface area contributed by atoms with E-state index in [0.29, 0.717) is 5.75 Å². The van der Waals surface area contributed by atoms with Crippen molar-refractivity contribution in [2.45, 2.75) is 26.2 Å². The van der Waals surface area contributed by atoms with Crippen LogP contribution in [0.1, 0.15) is 37.5 Å². The minimum atomic E-state index is 0.129. The Kier molecular flexibility index (Phi) is 3.42. The first-order valence-corrected chi connectivity index (χ1v) is 6.20. The van der Waals surface area contributed by atoms with E-state index in [4.69, 9.17) is 0 Å². The predicted octanol–water partition coefficient (Wildman–Crippen LogP) is 4.29. The number of hydrogen-bond donors (Lipinski definition) is 1. The van der Waals surface area contributed by atoms with Crippen molar-refractivity contribution in [3.63, 3.8) is 0 Å². The summed E-state index contributed by atoms with van der Waals surface area (Å²) in [6, 6.07) is 15.7. The molecule has 1 heteroatoms. The van der Waals surface area contributed by atoms with Gasteiger partial charge in [-0.2, -0.15) is 0 Å². The molecule has 0 aliphatic carbocycles. The Bertz CT molecular complexity index is 518. The lowest BCUT2D eigenvalue weighted by Crippen LogP contribution is -2.13. The van der Waals surface area contributed by atoms with E-state index in [0.717, 1.165) is 5.56 Å². The standard InChI is InChI=1S/C17H19O/c1-17(2,3)16-7-5-4-6-14(16)12-13-8-10-15(18)11-9-13/h4-12,18H,1-3H3. The van der Waals surface area contributed by atoms with E-state index in [9.17, 15) is 5.11 Å². The second-order valence-electron chi connectivity index (χ2n) is 5.57. The van der Waals surface area contributed by atoms with Crippen molar-refractivity contribution >= 4 is 0 Å². The van der Waals surface area contributed by atoms with Gasteiger partial charge in [-0.1, -0.05) is 57.2 Å². The number of hydrogen-bond acceptors (Lipinski definition) is 1. The summed E-state index contributed by atoms with van der Waals surface area (Å²) >= 11 is 0. The normalized spacial score (nSPS) is 11.5. The molecule has 93 valence electrons. The van der Waals surface area contributed by atoms with Gasteiger partial charge in [0.15, 0.2) is 0 Å². The van der Waals surface area contributed by atoms with Gasteiger partial charge < -0.3 is 5.11 Å². The highest BCUT2D eigenvalue weighted by Gasteiger charge is 2.17. The first kappa shape index (κ1) is 12.7. The Hall–Kier alpha value is -1.76. The molecule has 0 atom stereocenters. The molecule has 0 aromatic heterocycles. The molecule has 0 fully saturated rings. The van der Waals surface area contributed by atoms with Crippen LogP contribution < -0.4 is 0 Å². The fourth-order valence-corrected chi connectivity index (χ4v) is 2.06. The molecule has 0 aliphatic rings. The number of rotatable bonds is 2. The highest BCUT2D eigenvalue weighted by atomic mass is 16.3. The van der Waals surface area contributed by atoms with Gasteiger partial charge in [-0.05, 0) is 34.2 Å². The fourth-order valence-electron chi connectivity index (χ4n) is 2.06. The van der Waals surface area contributed by atoms with Gasteiger partial charge in [-0.15, -0.1) is 0 Å². The molecule has 2 aromatic carbocycles. The first-order chi connectivity index (χ1) is 8.47. The van der Waals surface area contributed by atoms with E-state index < -0.39 is 0 Å². The Labute approximate surface area is 109 Å². The van der Waals surface area contributed by atoms with Crippen molar-refractivity contribution in [1.29, 1.82) is 0 Å². The molecular weight excluding hydrogens is 220 g/mol. The molecule has 1 nitrogen and oxygen atoms in total. The van der Waals surface area contributed by atoms with E-state index >= 15 is 0 Å². The zero-order valence-corrected chi connectivity index (χ0v) is 11.1. The van der Waals surface area contributed by atoms with Gasteiger partial charge in [0.1, 0.15) is 5.75 Å². The minimum Gasteiger partial charge on any atom is -0.508 e. The molecular formula is C17H19O. The monoisotopic (exact) mass is 239 g/mol. The predicted molar refractivity (Wildman–Crippen MR) is 75.8 cm³/mol. The van der Waals surface area contributed by atoms with Crippen LogP contribution in [0.15, 0.2) is 48.5 Å². The summed E-state index contributed by atoms with van der Waals surface area (Å²) in [6.45, 7) is 6.66. The average Bonchev–Trinajstić information content (AvgIpc) is 2.31. The summed E-state index contributed by atoms with van der Waals surface area (Å²) in [5, 5.41) is 9.29. The third-order valence-corrected chi connectivity index (χ3v) is 2.98. The number of benzene rings is 2. The molecule has 18 heavy (non-hydrogen) atoms. The van der Waals surface area contributed by atoms with Gasteiger partial charge in [0.2, 0.25) is 0 Å². The fraction of sp³-hybridized carbons (Fsp3) is 0.235. The maximum Gasteiger partial charge on any atom is 0.115 e. The van der Waals surface area contributed by atoms with Crippen LogP contribution in [0.2, 0.25) is 0 Å². The van der Waals surface area contributed by atoms with E-state index in [2.05, 4.69) is 51.5 Å². The molecule has 1 N–H and O–H groups in total. The molecule has 1 radical (unpaired) electrons. The maximum atomic E-state index is 9.29. The Balaban J connectivity index is 2.32. The Morgan fingerprint density at radius 3 is 2.11 bits per heavy atom. The molecule has 0 unspecified atom stereocenters. The second-order valence-corrected chi connectivity index (χ2v) is 5.57. The van der Waals surface area contributed by atoms with Gasteiger partial charge in [-0.3, -0.25) is 0 Å². The zero-order valence-electron chi connectivity index (χ0n) is 11.1. The second kappa shape index (κ2) is 4.85. The first-order valence-electron chi connectivity index (χ1n) is 6.20. The third-order valence-electron chi connectivity index (χ3n) is 2.98. The molecule has 0 amide bonds. The number of aromatic hydroxyl groups is 1. The maximum absolute atomic E-state index is 9.29. The summed E-state index contributed by atoms with van der Waals surface area (Å²) in [4.78, 5) is 0. The lowest BCUT2D eigenvalue weighted by Gasteiger charge is -2.22. The van der Waals surface area contributed by atoms with Crippen LogP contribution in [0.25, 0.3) is 0 Å². The van der Waals surface area contributed by atoms with E-state index in [1.54, 1.807) is 12.1 Å². The molecule has 0 heterocycles. The van der Waals surface area contributed by atoms with Crippen molar-refractivity contribution in [2.24, 2.45) is 0 Å². The highest BCUT2D eigenvalue weighted by molar-refractivity contribution is 5.45. The zero-order chi connectivity index (χ0) is 13.2. The number of phenols is 1. The van der Waals surface area contributed by atoms with Gasteiger partial charge >= 0.3 is 0 Å². The Morgan fingerprint density at radius 2 is 1.50 bits per heavy atom. The van der Waals surface area contributed by atoms with Crippen molar-refractivity contribution in [3.8, 4) is 5.75 Å². The van der Waals surface area contributed by atoms with Crippen molar-refractivity contribution in [1.82, 2.24) is 0 Å². The van der Waals surface area contributed by atoms with Crippen LogP contribution in [-0.2, 0) is 5.41 Å². The summed E-state index contributed by atoms with van der Waals surface area (Å²) in [7, 11) is 0. The number of phenolic OH excluding ortho intramolecular Hbond substituents is 1. The summed E-state index contributed by atoms with van der Waals surface area (Å²) in [5.41, 5.74) is 3.79. The lowest BCUT2D eigenvalue weighted by atomic mass is 9.82. The van der Waals surface area contributed by atoms with Crippen molar-refractivity contribution < 1.29 is 5.11 Å². The smallest absolute Gasteiger partial charge is 0.115 e.